The third-order valence-electron chi connectivity index (χ3n) is 5.66. The maximum atomic E-state index is 10.4. The first-order chi connectivity index (χ1) is 12.5. The van der Waals surface area contributed by atoms with Crippen LogP contribution in [0.15, 0.2) is 42.5 Å². The van der Waals surface area contributed by atoms with Crippen LogP contribution < -0.4 is 4.90 Å². The zero-order chi connectivity index (χ0) is 18.2. The van der Waals surface area contributed by atoms with Gasteiger partial charge >= 0.3 is 0 Å². The Kier molecular flexibility index (Phi) is 4.42. The standard InChI is InChI=1S/C20H25N3O3/c1-19(25)14-20(26-13-17(19)24)9-11-23(12-10-20)18-8-7-16(21-22-18)15-5-3-2-4-6-15/h2-8,17,24-25H,9-14H2,1H3/t17-,19-/m0/s1. The molecule has 0 saturated carbocycles. The number of hydrogen-bond donors (Lipinski definition) is 2. The highest BCUT2D eigenvalue weighted by Gasteiger charge is 2.48. The Bertz CT molecular complexity index is 741. The monoisotopic (exact) mass is 355 g/mol. The molecule has 6 heteroatoms. The molecular weight excluding hydrogens is 330 g/mol. The summed E-state index contributed by atoms with van der Waals surface area (Å²) < 4.78 is 5.94. The summed E-state index contributed by atoms with van der Waals surface area (Å²) >= 11 is 0. The highest BCUT2D eigenvalue weighted by molar-refractivity contribution is 5.59. The SMILES string of the molecule is C[C@]1(O)CC2(CCN(c3ccc(-c4ccccc4)nn3)CC2)OC[C@@H]1O. The smallest absolute Gasteiger partial charge is 0.151 e. The number of aromatic nitrogens is 2. The largest absolute Gasteiger partial charge is 0.388 e. The third-order valence-corrected chi connectivity index (χ3v) is 5.66. The minimum atomic E-state index is -1.09. The summed E-state index contributed by atoms with van der Waals surface area (Å²) in [5.74, 6) is 0.863. The molecule has 2 saturated heterocycles. The minimum absolute atomic E-state index is 0.193. The molecule has 2 aromatic rings. The molecule has 3 heterocycles. The number of piperidine rings is 1. The Labute approximate surface area is 153 Å². The summed E-state index contributed by atoms with van der Waals surface area (Å²) in [6.07, 6.45) is 1.26. The van der Waals surface area contributed by atoms with Gasteiger partial charge in [0.25, 0.3) is 0 Å². The predicted octanol–water partition coefficient (Wildman–Crippen LogP) is 2.01. The van der Waals surface area contributed by atoms with Gasteiger partial charge in [0, 0.05) is 25.1 Å². The van der Waals surface area contributed by atoms with Crippen LogP contribution in [0.4, 0.5) is 5.82 Å². The van der Waals surface area contributed by atoms with Gasteiger partial charge < -0.3 is 19.8 Å². The van der Waals surface area contributed by atoms with E-state index in [2.05, 4.69) is 15.1 Å². The fourth-order valence-corrected chi connectivity index (χ4v) is 3.98. The number of ether oxygens (including phenoxy) is 1. The quantitative estimate of drug-likeness (QED) is 0.858. The Morgan fingerprint density at radius 2 is 1.81 bits per heavy atom. The van der Waals surface area contributed by atoms with Gasteiger partial charge in [0.2, 0.25) is 0 Å². The number of aliphatic hydroxyl groups is 2. The Morgan fingerprint density at radius 1 is 1.08 bits per heavy atom. The van der Waals surface area contributed by atoms with E-state index in [0.29, 0.717) is 6.42 Å². The fraction of sp³-hybridized carbons (Fsp3) is 0.500. The van der Waals surface area contributed by atoms with Gasteiger partial charge in [-0.3, -0.25) is 0 Å². The molecule has 26 heavy (non-hydrogen) atoms. The lowest BCUT2D eigenvalue weighted by atomic mass is 9.76. The predicted molar refractivity (Wildman–Crippen MR) is 98.8 cm³/mol. The third kappa shape index (κ3) is 3.32. The van der Waals surface area contributed by atoms with Crippen molar-refractivity contribution in [3.63, 3.8) is 0 Å². The molecule has 1 aromatic carbocycles. The van der Waals surface area contributed by atoms with E-state index in [1.165, 1.54) is 0 Å². The molecule has 0 unspecified atom stereocenters. The van der Waals surface area contributed by atoms with Gasteiger partial charge in [0.05, 0.1) is 23.5 Å². The first-order valence-corrected chi connectivity index (χ1v) is 9.16. The molecule has 2 N–H and O–H groups in total. The van der Waals surface area contributed by atoms with Gasteiger partial charge in [-0.05, 0) is 31.9 Å². The van der Waals surface area contributed by atoms with Crippen LogP contribution in [0.1, 0.15) is 26.2 Å². The van der Waals surface area contributed by atoms with E-state index in [9.17, 15) is 10.2 Å². The van der Waals surface area contributed by atoms with E-state index in [1.807, 2.05) is 42.5 Å². The molecule has 2 atom stereocenters. The van der Waals surface area contributed by atoms with Crippen LogP contribution in [-0.4, -0.2) is 57.4 Å². The molecule has 4 rings (SSSR count). The normalized spacial score (nSPS) is 28.3. The van der Waals surface area contributed by atoms with Gasteiger partial charge in [0.1, 0.15) is 6.10 Å². The summed E-state index contributed by atoms with van der Waals surface area (Å²) in [6, 6.07) is 14.0. The van der Waals surface area contributed by atoms with Crippen LogP contribution in [0, 0.1) is 0 Å². The van der Waals surface area contributed by atoms with E-state index < -0.39 is 11.7 Å². The summed E-state index contributed by atoms with van der Waals surface area (Å²) in [4.78, 5) is 2.20. The Balaban J connectivity index is 1.42. The lowest BCUT2D eigenvalue weighted by Crippen LogP contribution is -2.59. The molecule has 0 aliphatic carbocycles. The van der Waals surface area contributed by atoms with Crippen LogP contribution in [-0.2, 0) is 4.74 Å². The van der Waals surface area contributed by atoms with E-state index in [4.69, 9.17) is 4.74 Å². The van der Waals surface area contributed by atoms with Gasteiger partial charge in [-0.1, -0.05) is 30.3 Å². The molecule has 1 spiro atoms. The molecule has 2 aliphatic rings. The maximum absolute atomic E-state index is 10.4. The van der Waals surface area contributed by atoms with E-state index in [-0.39, 0.29) is 12.2 Å². The molecule has 6 nitrogen and oxygen atoms in total. The van der Waals surface area contributed by atoms with Crippen LogP contribution in [0.5, 0.6) is 0 Å². The molecule has 0 radical (unpaired) electrons. The van der Waals surface area contributed by atoms with Crippen molar-refractivity contribution in [3.05, 3.63) is 42.5 Å². The topological polar surface area (TPSA) is 78.7 Å². The second kappa shape index (κ2) is 6.61. The summed E-state index contributed by atoms with van der Waals surface area (Å²) in [6.45, 7) is 3.48. The van der Waals surface area contributed by atoms with Crippen molar-refractivity contribution in [2.24, 2.45) is 0 Å². The van der Waals surface area contributed by atoms with Crippen molar-refractivity contribution in [1.82, 2.24) is 10.2 Å². The molecular formula is C20H25N3O3. The molecule has 138 valence electrons. The summed E-state index contributed by atoms with van der Waals surface area (Å²) in [5, 5.41) is 29.1. The van der Waals surface area contributed by atoms with Crippen LogP contribution >= 0.6 is 0 Å². The van der Waals surface area contributed by atoms with Crippen LogP contribution in [0.3, 0.4) is 0 Å². The lowest BCUT2D eigenvalue weighted by Gasteiger charge is -2.50. The van der Waals surface area contributed by atoms with Crippen molar-refractivity contribution in [2.45, 2.75) is 43.5 Å². The van der Waals surface area contributed by atoms with Gasteiger partial charge in [-0.15, -0.1) is 10.2 Å². The number of hydrogen-bond acceptors (Lipinski definition) is 6. The van der Waals surface area contributed by atoms with Crippen LogP contribution in [0.2, 0.25) is 0 Å². The van der Waals surface area contributed by atoms with Crippen molar-refractivity contribution >= 4 is 5.82 Å². The second-order valence-corrected chi connectivity index (χ2v) is 7.67. The maximum Gasteiger partial charge on any atom is 0.151 e. The number of nitrogens with zero attached hydrogens (tertiary/aromatic N) is 3. The molecule has 1 aromatic heterocycles. The van der Waals surface area contributed by atoms with E-state index in [1.54, 1.807) is 6.92 Å². The first-order valence-electron chi connectivity index (χ1n) is 9.16. The fourth-order valence-electron chi connectivity index (χ4n) is 3.98. The highest BCUT2D eigenvalue weighted by atomic mass is 16.5. The zero-order valence-electron chi connectivity index (χ0n) is 15.0. The van der Waals surface area contributed by atoms with Gasteiger partial charge in [-0.2, -0.15) is 0 Å². The van der Waals surface area contributed by atoms with E-state index >= 15 is 0 Å². The van der Waals surface area contributed by atoms with E-state index in [0.717, 1.165) is 43.0 Å². The first kappa shape index (κ1) is 17.4. The van der Waals surface area contributed by atoms with Gasteiger partial charge in [-0.25, -0.2) is 0 Å². The minimum Gasteiger partial charge on any atom is -0.388 e. The van der Waals surface area contributed by atoms with Crippen molar-refractivity contribution in [2.75, 3.05) is 24.6 Å². The van der Waals surface area contributed by atoms with Crippen molar-refractivity contribution in [3.8, 4) is 11.3 Å². The van der Waals surface area contributed by atoms with Crippen molar-refractivity contribution in [1.29, 1.82) is 0 Å². The lowest BCUT2D eigenvalue weighted by molar-refractivity contribution is -0.216. The summed E-state index contributed by atoms with van der Waals surface area (Å²) in [7, 11) is 0. The molecule has 2 fully saturated rings. The zero-order valence-corrected chi connectivity index (χ0v) is 15.0. The highest BCUT2D eigenvalue weighted by Crippen LogP contribution is 2.40. The Hall–Kier alpha value is -2.02. The second-order valence-electron chi connectivity index (χ2n) is 7.67. The Morgan fingerprint density at radius 3 is 2.42 bits per heavy atom. The number of aliphatic hydroxyl groups excluding tert-OH is 1. The molecule has 0 bridgehead atoms. The number of rotatable bonds is 2. The molecule has 0 amide bonds. The van der Waals surface area contributed by atoms with Crippen LogP contribution in [0.25, 0.3) is 11.3 Å². The molecule has 2 aliphatic heterocycles. The number of benzene rings is 1. The van der Waals surface area contributed by atoms with Gasteiger partial charge in [0.15, 0.2) is 5.82 Å². The number of anilines is 1. The average molecular weight is 355 g/mol. The average Bonchev–Trinajstić information content (AvgIpc) is 2.66. The van der Waals surface area contributed by atoms with Crippen molar-refractivity contribution < 1.29 is 14.9 Å². The summed E-state index contributed by atoms with van der Waals surface area (Å²) in [5.41, 5.74) is 0.484.